The first-order valence-corrected chi connectivity index (χ1v) is 5.17. The molecule has 0 heterocycles. The van der Waals surface area contributed by atoms with Crippen LogP contribution in [-0.2, 0) is 9.53 Å². The van der Waals surface area contributed by atoms with Gasteiger partial charge in [0.1, 0.15) is 6.54 Å². The number of halogens is 1. The molecule has 1 aromatic carbocycles. The zero-order chi connectivity index (χ0) is 11.3. The number of benzene rings is 1. The number of anilines is 1. The van der Waals surface area contributed by atoms with Gasteiger partial charge in [0.2, 0.25) is 0 Å². The van der Waals surface area contributed by atoms with E-state index in [1.165, 1.54) is 0 Å². The van der Waals surface area contributed by atoms with Crippen LogP contribution in [0.15, 0.2) is 18.2 Å². The summed E-state index contributed by atoms with van der Waals surface area (Å²) >= 11 is 5.93. The maximum atomic E-state index is 11.1. The fraction of sp³-hybridized carbons (Fsp3) is 0.364. The van der Waals surface area contributed by atoms with Crippen LogP contribution in [0.5, 0.6) is 0 Å². The van der Waals surface area contributed by atoms with Gasteiger partial charge in [0.05, 0.1) is 6.61 Å². The molecule has 0 fully saturated rings. The van der Waals surface area contributed by atoms with Gasteiger partial charge in [-0.3, -0.25) is 4.79 Å². The molecule has 0 spiro atoms. The van der Waals surface area contributed by atoms with Crippen molar-refractivity contribution >= 4 is 23.3 Å². The number of carbonyl (C=O) groups is 1. The van der Waals surface area contributed by atoms with Crippen LogP contribution >= 0.6 is 11.6 Å². The van der Waals surface area contributed by atoms with E-state index in [1.807, 2.05) is 19.1 Å². The predicted octanol–water partition coefficient (Wildman–Crippen LogP) is 2.62. The molecule has 0 saturated heterocycles. The Kier molecular flexibility index (Phi) is 4.43. The lowest BCUT2D eigenvalue weighted by Crippen LogP contribution is -2.16. The second-order valence-electron chi connectivity index (χ2n) is 3.12. The highest BCUT2D eigenvalue weighted by atomic mass is 35.5. The van der Waals surface area contributed by atoms with Gasteiger partial charge in [-0.15, -0.1) is 0 Å². The third-order valence-electron chi connectivity index (χ3n) is 1.91. The predicted molar refractivity (Wildman–Crippen MR) is 61.3 cm³/mol. The van der Waals surface area contributed by atoms with E-state index in [2.05, 4.69) is 5.32 Å². The van der Waals surface area contributed by atoms with Gasteiger partial charge in [0, 0.05) is 10.7 Å². The minimum absolute atomic E-state index is 0.160. The minimum atomic E-state index is -0.269. The molecule has 0 unspecified atom stereocenters. The Labute approximate surface area is 94.4 Å². The lowest BCUT2D eigenvalue weighted by atomic mass is 10.2. The van der Waals surface area contributed by atoms with Crippen LogP contribution in [0.2, 0.25) is 5.02 Å². The van der Waals surface area contributed by atoms with Crippen molar-refractivity contribution in [1.82, 2.24) is 0 Å². The molecule has 0 amide bonds. The Hall–Kier alpha value is -1.22. The summed E-state index contributed by atoms with van der Waals surface area (Å²) in [7, 11) is 0. The third-order valence-corrected chi connectivity index (χ3v) is 2.32. The van der Waals surface area contributed by atoms with Crippen molar-refractivity contribution in [3.8, 4) is 0 Å². The van der Waals surface area contributed by atoms with Crippen molar-refractivity contribution in [2.45, 2.75) is 13.8 Å². The van der Waals surface area contributed by atoms with Gasteiger partial charge in [-0.05, 0) is 31.5 Å². The molecular formula is C11H14ClNO2. The molecule has 0 aliphatic carbocycles. The zero-order valence-corrected chi connectivity index (χ0v) is 9.60. The molecule has 0 aromatic heterocycles. The number of carbonyl (C=O) groups excluding carboxylic acids is 1. The normalized spacial score (nSPS) is 9.80. The number of hydrogen-bond acceptors (Lipinski definition) is 3. The van der Waals surface area contributed by atoms with Crippen LogP contribution in [0.1, 0.15) is 12.5 Å². The summed E-state index contributed by atoms with van der Waals surface area (Å²) in [4.78, 5) is 11.1. The van der Waals surface area contributed by atoms with E-state index in [9.17, 15) is 4.79 Å². The molecule has 1 aromatic rings. The monoisotopic (exact) mass is 227 g/mol. The number of nitrogens with one attached hydrogen (secondary N) is 1. The van der Waals surface area contributed by atoms with Gasteiger partial charge in [0.15, 0.2) is 0 Å². The molecule has 0 atom stereocenters. The number of hydrogen-bond donors (Lipinski definition) is 1. The standard InChI is InChI=1S/C11H14ClNO2/c1-3-15-11(14)7-13-9-5-4-8(2)10(12)6-9/h4-6,13H,3,7H2,1-2H3. The summed E-state index contributed by atoms with van der Waals surface area (Å²) in [5.41, 5.74) is 1.83. The van der Waals surface area contributed by atoms with Crippen molar-refractivity contribution in [1.29, 1.82) is 0 Å². The fourth-order valence-corrected chi connectivity index (χ4v) is 1.27. The Bertz CT molecular complexity index is 352. The SMILES string of the molecule is CCOC(=O)CNc1ccc(C)c(Cl)c1. The molecule has 3 nitrogen and oxygen atoms in total. The Morgan fingerprint density at radius 3 is 2.87 bits per heavy atom. The summed E-state index contributed by atoms with van der Waals surface area (Å²) in [6, 6.07) is 5.56. The molecule has 0 aliphatic rings. The highest BCUT2D eigenvalue weighted by Gasteiger charge is 2.02. The Balaban J connectivity index is 2.51. The van der Waals surface area contributed by atoms with Crippen LogP contribution in [0.3, 0.4) is 0 Å². The van der Waals surface area contributed by atoms with Crippen LogP contribution in [-0.4, -0.2) is 19.1 Å². The quantitative estimate of drug-likeness (QED) is 0.804. The largest absolute Gasteiger partial charge is 0.465 e. The maximum Gasteiger partial charge on any atom is 0.325 e. The minimum Gasteiger partial charge on any atom is -0.465 e. The van der Waals surface area contributed by atoms with Crippen molar-refractivity contribution in [3.05, 3.63) is 28.8 Å². The molecular weight excluding hydrogens is 214 g/mol. The summed E-state index contributed by atoms with van der Waals surface area (Å²) in [5.74, 6) is -0.269. The maximum absolute atomic E-state index is 11.1. The van der Waals surface area contributed by atoms with E-state index in [0.717, 1.165) is 11.3 Å². The number of esters is 1. The fourth-order valence-electron chi connectivity index (χ4n) is 1.09. The topological polar surface area (TPSA) is 38.3 Å². The van der Waals surface area contributed by atoms with Crippen LogP contribution < -0.4 is 5.32 Å². The van der Waals surface area contributed by atoms with Crippen LogP contribution in [0.4, 0.5) is 5.69 Å². The summed E-state index contributed by atoms with van der Waals surface area (Å²) < 4.78 is 4.78. The summed E-state index contributed by atoms with van der Waals surface area (Å²) in [5, 5.41) is 3.62. The van der Waals surface area contributed by atoms with E-state index < -0.39 is 0 Å². The summed E-state index contributed by atoms with van der Waals surface area (Å²) in [6.07, 6.45) is 0. The average molecular weight is 228 g/mol. The molecule has 0 aliphatic heterocycles. The van der Waals surface area contributed by atoms with Gasteiger partial charge in [0.25, 0.3) is 0 Å². The Morgan fingerprint density at radius 2 is 2.27 bits per heavy atom. The van der Waals surface area contributed by atoms with Gasteiger partial charge >= 0.3 is 5.97 Å². The smallest absolute Gasteiger partial charge is 0.325 e. The second-order valence-corrected chi connectivity index (χ2v) is 3.53. The molecule has 0 radical (unpaired) electrons. The number of aryl methyl sites for hydroxylation is 1. The molecule has 82 valence electrons. The van der Waals surface area contributed by atoms with E-state index in [1.54, 1.807) is 13.0 Å². The first-order valence-electron chi connectivity index (χ1n) is 4.79. The van der Waals surface area contributed by atoms with E-state index in [4.69, 9.17) is 16.3 Å². The molecule has 0 bridgehead atoms. The number of ether oxygens (including phenoxy) is 1. The van der Waals surface area contributed by atoms with Crippen LogP contribution in [0, 0.1) is 6.92 Å². The van der Waals surface area contributed by atoms with E-state index >= 15 is 0 Å². The van der Waals surface area contributed by atoms with E-state index in [-0.39, 0.29) is 12.5 Å². The van der Waals surface area contributed by atoms with Crippen molar-refractivity contribution in [3.63, 3.8) is 0 Å². The number of rotatable bonds is 4. The lowest BCUT2D eigenvalue weighted by molar-refractivity contribution is -0.140. The Morgan fingerprint density at radius 1 is 1.53 bits per heavy atom. The highest BCUT2D eigenvalue weighted by molar-refractivity contribution is 6.31. The van der Waals surface area contributed by atoms with Gasteiger partial charge in [-0.25, -0.2) is 0 Å². The lowest BCUT2D eigenvalue weighted by Gasteiger charge is -2.07. The molecule has 1 rings (SSSR count). The zero-order valence-electron chi connectivity index (χ0n) is 8.84. The molecule has 1 N–H and O–H groups in total. The molecule has 15 heavy (non-hydrogen) atoms. The van der Waals surface area contributed by atoms with Crippen molar-refractivity contribution in [2.75, 3.05) is 18.5 Å². The summed E-state index contributed by atoms with van der Waals surface area (Å²) in [6.45, 7) is 4.26. The van der Waals surface area contributed by atoms with Crippen molar-refractivity contribution < 1.29 is 9.53 Å². The first kappa shape index (κ1) is 11.9. The van der Waals surface area contributed by atoms with Crippen molar-refractivity contribution in [2.24, 2.45) is 0 Å². The highest BCUT2D eigenvalue weighted by Crippen LogP contribution is 2.19. The molecule has 4 heteroatoms. The van der Waals surface area contributed by atoms with Gasteiger partial charge in [-0.1, -0.05) is 17.7 Å². The van der Waals surface area contributed by atoms with Crippen LogP contribution in [0.25, 0.3) is 0 Å². The van der Waals surface area contributed by atoms with E-state index in [0.29, 0.717) is 11.6 Å². The van der Waals surface area contributed by atoms with Gasteiger partial charge in [-0.2, -0.15) is 0 Å². The average Bonchev–Trinajstić information content (AvgIpc) is 2.20. The second kappa shape index (κ2) is 5.61. The third kappa shape index (κ3) is 3.80. The first-order chi connectivity index (χ1) is 7.13. The molecule has 0 saturated carbocycles. The van der Waals surface area contributed by atoms with Gasteiger partial charge < -0.3 is 10.1 Å².